The summed E-state index contributed by atoms with van der Waals surface area (Å²) in [6.07, 6.45) is 3.60. The SMILES string of the molecule is C[C@@H]1C[C@H](N2Cc3cnc(Nc4ccc(C(F)(F)P)cc4)nc3C2)CCN1C(=O)c1ccc(NN)cc1. The zero-order chi connectivity index (χ0) is 26.2. The van der Waals surface area contributed by atoms with Crippen LogP contribution < -0.4 is 16.6 Å². The number of benzene rings is 2. The zero-order valence-corrected chi connectivity index (χ0v) is 21.6. The Balaban J connectivity index is 1.19. The minimum Gasteiger partial charge on any atom is -0.336 e. The Morgan fingerprint density at radius 1 is 1.11 bits per heavy atom. The van der Waals surface area contributed by atoms with Gasteiger partial charge in [0.1, 0.15) is 0 Å². The summed E-state index contributed by atoms with van der Waals surface area (Å²) >= 11 is 0. The molecule has 0 saturated carbocycles. The van der Waals surface area contributed by atoms with Crippen molar-refractivity contribution in [1.29, 1.82) is 0 Å². The Morgan fingerprint density at radius 3 is 2.46 bits per heavy atom. The minimum absolute atomic E-state index is 0.0373. The van der Waals surface area contributed by atoms with Gasteiger partial charge in [0.25, 0.3) is 11.6 Å². The molecule has 0 aliphatic carbocycles. The number of alkyl halides is 2. The van der Waals surface area contributed by atoms with Crippen LogP contribution in [0.3, 0.4) is 0 Å². The summed E-state index contributed by atoms with van der Waals surface area (Å²) in [4.78, 5) is 26.5. The number of hydrogen-bond acceptors (Lipinski definition) is 7. The number of hydrazine groups is 1. The molecule has 3 aromatic rings. The van der Waals surface area contributed by atoms with Crippen molar-refractivity contribution in [3.05, 3.63) is 77.1 Å². The Morgan fingerprint density at radius 2 is 1.81 bits per heavy atom. The summed E-state index contributed by atoms with van der Waals surface area (Å²) in [6, 6.07) is 13.6. The zero-order valence-electron chi connectivity index (χ0n) is 20.5. The van der Waals surface area contributed by atoms with Crippen LogP contribution >= 0.6 is 9.24 Å². The normalized spacial score (nSPS) is 20.0. The van der Waals surface area contributed by atoms with Gasteiger partial charge in [-0.25, -0.2) is 9.97 Å². The lowest BCUT2D eigenvalue weighted by Crippen LogP contribution is -2.50. The molecule has 5 rings (SSSR count). The number of carbonyl (C=O) groups is 1. The van der Waals surface area contributed by atoms with Crippen molar-refractivity contribution < 1.29 is 13.6 Å². The van der Waals surface area contributed by atoms with Gasteiger partial charge in [-0.05, 0) is 56.2 Å². The monoisotopic (exact) mass is 525 g/mol. The molecule has 2 aromatic carbocycles. The van der Waals surface area contributed by atoms with E-state index in [4.69, 9.17) is 5.84 Å². The molecule has 2 aliphatic rings. The molecular weight excluding hydrogens is 495 g/mol. The predicted octanol–water partition coefficient (Wildman–Crippen LogP) is 4.44. The van der Waals surface area contributed by atoms with Crippen LogP contribution in [0.1, 0.15) is 46.9 Å². The number of rotatable bonds is 6. The molecule has 1 unspecified atom stereocenters. The lowest BCUT2D eigenvalue weighted by atomic mass is 9.96. The smallest absolute Gasteiger partial charge is 0.283 e. The van der Waals surface area contributed by atoms with Crippen LogP contribution in [0.15, 0.2) is 54.7 Å². The van der Waals surface area contributed by atoms with Crippen LogP contribution in [0.25, 0.3) is 0 Å². The van der Waals surface area contributed by atoms with E-state index in [1.807, 2.05) is 11.1 Å². The van der Waals surface area contributed by atoms with Crippen molar-refractivity contribution in [3.8, 4) is 0 Å². The van der Waals surface area contributed by atoms with E-state index in [9.17, 15) is 13.6 Å². The summed E-state index contributed by atoms with van der Waals surface area (Å²) in [5, 5.41) is 3.11. The van der Waals surface area contributed by atoms with Gasteiger partial charge in [-0.1, -0.05) is 21.4 Å². The number of nitrogen functional groups attached to an aromatic ring is 1. The molecular formula is C26H30F2N7OP. The van der Waals surface area contributed by atoms with E-state index in [0.29, 0.717) is 36.3 Å². The third-order valence-electron chi connectivity index (χ3n) is 7.13. The summed E-state index contributed by atoms with van der Waals surface area (Å²) < 4.78 is 26.9. The van der Waals surface area contributed by atoms with Gasteiger partial charge < -0.3 is 15.6 Å². The van der Waals surface area contributed by atoms with Crippen molar-refractivity contribution in [1.82, 2.24) is 19.8 Å². The third kappa shape index (κ3) is 5.56. The molecule has 11 heteroatoms. The van der Waals surface area contributed by atoms with Gasteiger partial charge in [-0.15, -0.1) is 0 Å². The maximum absolute atomic E-state index is 13.4. The Kier molecular flexibility index (Phi) is 7.07. The maximum atomic E-state index is 13.4. The van der Waals surface area contributed by atoms with Gasteiger partial charge in [0, 0.05) is 66.0 Å². The third-order valence-corrected chi connectivity index (χ3v) is 7.46. The fourth-order valence-electron chi connectivity index (χ4n) is 5.06. The number of nitrogens with two attached hydrogens (primary N) is 1. The molecule has 1 aromatic heterocycles. The lowest BCUT2D eigenvalue weighted by molar-refractivity contribution is 0.0460. The highest BCUT2D eigenvalue weighted by molar-refractivity contribution is 7.17. The highest BCUT2D eigenvalue weighted by Crippen LogP contribution is 2.35. The molecule has 3 heterocycles. The van der Waals surface area contributed by atoms with E-state index in [0.717, 1.165) is 36.3 Å². The number of hydrogen-bond donors (Lipinski definition) is 3. The number of piperidine rings is 1. The Labute approximate surface area is 216 Å². The molecule has 0 radical (unpaired) electrons. The first-order valence-corrected chi connectivity index (χ1v) is 12.8. The molecule has 2 aliphatic heterocycles. The van der Waals surface area contributed by atoms with Gasteiger partial charge in [-0.2, -0.15) is 8.78 Å². The minimum atomic E-state index is -2.96. The number of nitrogens with zero attached hydrogens (tertiary/aromatic N) is 4. The standard InChI is InChI=1S/C26H30F2N7OP/c1-16-12-22(10-11-35(16)24(36)17-2-6-21(33-29)7-3-17)34-14-18-13-30-25(32-23(18)15-34)31-20-8-4-19(5-9-20)26(27,28)37/h2-9,13,16,22,33H,10-12,14-15,29,37H2,1H3,(H,30,31,32)/t16-,22-/m1/s1. The van der Waals surface area contributed by atoms with Crippen molar-refractivity contribution in [2.75, 3.05) is 17.3 Å². The summed E-state index contributed by atoms with van der Waals surface area (Å²) in [7, 11) is 1.54. The fraction of sp³-hybridized carbons (Fsp3) is 0.346. The van der Waals surface area contributed by atoms with Crippen molar-refractivity contribution in [3.63, 3.8) is 0 Å². The van der Waals surface area contributed by atoms with E-state index in [-0.39, 0.29) is 17.5 Å². The molecule has 0 bridgehead atoms. The molecule has 4 N–H and O–H groups in total. The lowest BCUT2D eigenvalue weighted by Gasteiger charge is -2.41. The number of fused-ring (bicyclic) bond motifs is 1. The van der Waals surface area contributed by atoms with Crippen molar-refractivity contribution >= 4 is 32.5 Å². The fourth-order valence-corrected chi connectivity index (χ4v) is 5.25. The Hall–Kier alpha value is -3.20. The molecule has 194 valence electrons. The van der Waals surface area contributed by atoms with E-state index in [2.05, 4.69) is 32.5 Å². The Bertz CT molecular complexity index is 1270. The molecule has 1 amide bonds. The molecule has 0 spiro atoms. The molecule has 37 heavy (non-hydrogen) atoms. The first kappa shape index (κ1) is 25.4. The van der Waals surface area contributed by atoms with Gasteiger partial charge in [0.2, 0.25) is 5.95 Å². The maximum Gasteiger partial charge on any atom is 0.283 e. The predicted molar refractivity (Wildman–Crippen MR) is 142 cm³/mol. The quantitative estimate of drug-likeness (QED) is 0.249. The molecule has 8 nitrogen and oxygen atoms in total. The molecule has 1 saturated heterocycles. The summed E-state index contributed by atoms with van der Waals surface area (Å²) in [5.74, 6) is 5.90. The number of anilines is 3. The number of amides is 1. The van der Waals surface area contributed by atoms with Crippen LogP contribution in [-0.4, -0.2) is 44.3 Å². The second kappa shape index (κ2) is 10.3. The van der Waals surface area contributed by atoms with Crippen molar-refractivity contribution in [2.24, 2.45) is 5.84 Å². The van der Waals surface area contributed by atoms with Crippen LogP contribution in [-0.2, 0) is 18.8 Å². The van der Waals surface area contributed by atoms with Crippen molar-refractivity contribution in [2.45, 2.75) is 50.6 Å². The molecule has 1 fully saturated rings. The van der Waals surface area contributed by atoms with Gasteiger partial charge in [-0.3, -0.25) is 15.5 Å². The first-order chi connectivity index (χ1) is 17.7. The first-order valence-electron chi connectivity index (χ1n) is 12.2. The highest BCUT2D eigenvalue weighted by Gasteiger charge is 2.35. The number of aromatic nitrogens is 2. The van der Waals surface area contributed by atoms with Crippen LogP contribution in [0.2, 0.25) is 0 Å². The number of halogens is 2. The van der Waals surface area contributed by atoms with E-state index in [1.54, 1.807) is 45.6 Å². The van der Waals surface area contributed by atoms with E-state index in [1.165, 1.54) is 12.1 Å². The average Bonchev–Trinajstić information content (AvgIpc) is 3.32. The number of nitrogens with one attached hydrogen (secondary N) is 2. The average molecular weight is 526 g/mol. The molecule has 3 atom stereocenters. The van der Waals surface area contributed by atoms with E-state index >= 15 is 0 Å². The van der Waals surface area contributed by atoms with Crippen LogP contribution in [0.4, 0.5) is 26.1 Å². The summed E-state index contributed by atoms with van der Waals surface area (Å²) in [5.41, 5.74) is 3.66. The number of carbonyl (C=O) groups excluding carboxylic acids is 1. The van der Waals surface area contributed by atoms with Gasteiger partial charge >= 0.3 is 0 Å². The van der Waals surface area contributed by atoms with Gasteiger partial charge in [0.05, 0.1) is 5.69 Å². The second-order valence-electron chi connectivity index (χ2n) is 9.64. The largest absolute Gasteiger partial charge is 0.336 e. The van der Waals surface area contributed by atoms with Crippen LogP contribution in [0.5, 0.6) is 0 Å². The topological polar surface area (TPSA) is 99.4 Å². The van der Waals surface area contributed by atoms with E-state index < -0.39 is 5.66 Å². The van der Waals surface area contributed by atoms with Crippen LogP contribution in [0, 0.1) is 0 Å². The number of likely N-dealkylation sites (tertiary alicyclic amines) is 1. The highest BCUT2D eigenvalue weighted by atomic mass is 31.0. The van der Waals surface area contributed by atoms with Gasteiger partial charge in [0.15, 0.2) is 0 Å². The summed E-state index contributed by atoms with van der Waals surface area (Å²) in [6.45, 7) is 4.28. The second-order valence-corrected chi connectivity index (χ2v) is 10.4.